The summed E-state index contributed by atoms with van der Waals surface area (Å²) in [5.74, 6) is 0.846. The number of nitrogens with zero attached hydrogens (tertiary/aromatic N) is 6. The fourth-order valence-electron chi connectivity index (χ4n) is 2.95. The zero-order valence-corrected chi connectivity index (χ0v) is 12.6. The maximum absolute atomic E-state index is 12.5. The first-order valence-electron chi connectivity index (χ1n) is 7.15. The van der Waals surface area contributed by atoms with Gasteiger partial charge in [0, 0.05) is 30.6 Å². The fraction of sp³-hybridized carbons (Fsp3) is 0.357. The van der Waals surface area contributed by atoms with E-state index in [1.165, 1.54) is 17.7 Å². The third-order valence-corrected chi connectivity index (χ3v) is 4.57. The maximum Gasteiger partial charge on any atom is 0.273 e. The van der Waals surface area contributed by atoms with Crippen LogP contribution in [0.15, 0.2) is 29.5 Å². The average molecular weight is 314 g/mol. The molecule has 0 saturated carbocycles. The smallest absolute Gasteiger partial charge is 0.273 e. The summed E-state index contributed by atoms with van der Waals surface area (Å²) in [6, 6.07) is 1.96. The zero-order chi connectivity index (χ0) is 14.9. The highest BCUT2D eigenvalue weighted by Crippen LogP contribution is 2.27. The minimum atomic E-state index is 0.00911. The molecule has 1 aliphatic heterocycles. The van der Waals surface area contributed by atoms with Gasteiger partial charge in [0.25, 0.3) is 11.7 Å². The summed E-state index contributed by atoms with van der Waals surface area (Å²) in [7, 11) is 0. The Morgan fingerprint density at radius 3 is 3.14 bits per heavy atom. The molecule has 1 amide bonds. The minimum Gasteiger partial charge on any atom is -0.337 e. The molecular formula is C14H14N6OS. The lowest BCUT2D eigenvalue weighted by Crippen LogP contribution is -2.39. The lowest BCUT2D eigenvalue weighted by molar-refractivity contribution is 0.0700. The van der Waals surface area contributed by atoms with Gasteiger partial charge < -0.3 is 4.90 Å². The predicted octanol–water partition coefficient (Wildman–Crippen LogP) is 1.60. The van der Waals surface area contributed by atoms with E-state index < -0.39 is 0 Å². The van der Waals surface area contributed by atoms with Gasteiger partial charge in [-0.05, 0) is 18.9 Å². The number of likely N-dealkylation sites (tertiary alicyclic amines) is 1. The van der Waals surface area contributed by atoms with Crippen molar-refractivity contribution in [1.82, 2.24) is 29.5 Å². The Hall–Kier alpha value is -2.35. The topological polar surface area (TPSA) is 76.3 Å². The van der Waals surface area contributed by atoms with Crippen LogP contribution in [0.5, 0.6) is 0 Å². The van der Waals surface area contributed by atoms with Crippen LogP contribution in [0.2, 0.25) is 0 Å². The molecule has 7 nitrogen and oxygen atoms in total. The summed E-state index contributed by atoms with van der Waals surface area (Å²) >= 11 is 1.44. The van der Waals surface area contributed by atoms with Gasteiger partial charge >= 0.3 is 0 Å². The number of carbonyl (C=O) groups excluding carboxylic acids is 1. The first kappa shape index (κ1) is 13.3. The molecule has 0 aromatic carbocycles. The Kier molecular flexibility index (Phi) is 3.30. The van der Waals surface area contributed by atoms with Crippen molar-refractivity contribution in [2.75, 3.05) is 13.1 Å². The van der Waals surface area contributed by atoms with Gasteiger partial charge in [-0.1, -0.05) is 0 Å². The molecule has 0 spiro atoms. The van der Waals surface area contributed by atoms with Crippen molar-refractivity contribution in [2.45, 2.75) is 18.8 Å². The number of aromatic nitrogens is 5. The average Bonchev–Trinajstić information content (AvgIpc) is 3.25. The van der Waals surface area contributed by atoms with Crippen LogP contribution in [0.4, 0.5) is 0 Å². The second-order valence-corrected chi connectivity index (χ2v) is 6.02. The number of carbonyl (C=O) groups is 1. The molecule has 1 aliphatic rings. The van der Waals surface area contributed by atoms with Gasteiger partial charge in [0.1, 0.15) is 12.0 Å². The Bertz CT molecular complexity index is 799. The molecule has 1 saturated heterocycles. The van der Waals surface area contributed by atoms with E-state index in [1.54, 1.807) is 21.6 Å². The molecule has 4 heterocycles. The van der Waals surface area contributed by atoms with Crippen molar-refractivity contribution in [3.8, 4) is 0 Å². The van der Waals surface area contributed by atoms with E-state index in [0.29, 0.717) is 18.0 Å². The first-order chi connectivity index (χ1) is 10.8. The molecule has 3 aromatic rings. The van der Waals surface area contributed by atoms with Gasteiger partial charge in [-0.3, -0.25) is 4.79 Å². The molecule has 3 aromatic heterocycles. The quantitative estimate of drug-likeness (QED) is 0.718. The van der Waals surface area contributed by atoms with Crippen LogP contribution in [-0.2, 0) is 0 Å². The van der Waals surface area contributed by atoms with Gasteiger partial charge in [0.15, 0.2) is 0 Å². The number of thiazole rings is 1. The van der Waals surface area contributed by atoms with Crippen molar-refractivity contribution < 1.29 is 4.79 Å². The number of fused-ring (bicyclic) bond motifs is 1. The molecule has 1 fully saturated rings. The molecular weight excluding hydrogens is 300 g/mol. The molecule has 0 bridgehead atoms. The number of hydrogen-bond acceptors (Lipinski definition) is 6. The summed E-state index contributed by atoms with van der Waals surface area (Å²) in [6.07, 6.45) is 5.26. The van der Waals surface area contributed by atoms with E-state index in [4.69, 9.17) is 0 Å². The van der Waals surface area contributed by atoms with Gasteiger partial charge in [-0.15, -0.1) is 11.3 Å². The molecule has 0 radical (unpaired) electrons. The van der Waals surface area contributed by atoms with Gasteiger partial charge in [0.2, 0.25) is 0 Å². The second-order valence-electron chi connectivity index (χ2n) is 5.31. The second kappa shape index (κ2) is 5.45. The van der Waals surface area contributed by atoms with E-state index in [9.17, 15) is 4.79 Å². The largest absolute Gasteiger partial charge is 0.337 e. The van der Waals surface area contributed by atoms with E-state index in [0.717, 1.165) is 25.1 Å². The molecule has 4 rings (SSSR count). The van der Waals surface area contributed by atoms with Crippen LogP contribution in [0.3, 0.4) is 0 Å². The van der Waals surface area contributed by atoms with Crippen LogP contribution in [0.1, 0.15) is 34.9 Å². The zero-order valence-electron chi connectivity index (χ0n) is 11.8. The molecule has 112 valence electrons. The first-order valence-corrected chi connectivity index (χ1v) is 8.09. The third-order valence-electron chi connectivity index (χ3n) is 3.99. The summed E-state index contributed by atoms with van der Waals surface area (Å²) < 4.78 is 1.77. The Morgan fingerprint density at radius 1 is 1.32 bits per heavy atom. The van der Waals surface area contributed by atoms with E-state index >= 15 is 0 Å². The van der Waals surface area contributed by atoms with Gasteiger partial charge in [0.05, 0.1) is 11.2 Å². The van der Waals surface area contributed by atoms with Crippen LogP contribution in [0, 0.1) is 0 Å². The number of hydrogen-bond donors (Lipinski definition) is 0. The Labute approximate surface area is 130 Å². The highest BCUT2D eigenvalue weighted by molar-refractivity contribution is 7.07. The molecule has 0 aliphatic carbocycles. The molecule has 0 N–H and O–H groups in total. The predicted molar refractivity (Wildman–Crippen MR) is 80.8 cm³/mol. The standard InChI is InChI=1S/C14H14N6OS/c21-13(11-7-22-9-17-11)19-5-1-2-10(6-19)12-3-4-15-14-16-8-18-20(12)14/h3-4,7-10H,1-2,5-6H2/t10-/m1/s1. The lowest BCUT2D eigenvalue weighted by atomic mass is 9.94. The van der Waals surface area contributed by atoms with Crippen LogP contribution in [-0.4, -0.2) is 48.5 Å². The van der Waals surface area contributed by atoms with Crippen LogP contribution < -0.4 is 0 Å². The van der Waals surface area contributed by atoms with Crippen molar-refractivity contribution in [3.05, 3.63) is 40.9 Å². The van der Waals surface area contributed by atoms with E-state index in [-0.39, 0.29) is 11.8 Å². The number of rotatable bonds is 2. The Morgan fingerprint density at radius 2 is 2.27 bits per heavy atom. The molecule has 8 heteroatoms. The van der Waals surface area contributed by atoms with Crippen molar-refractivity contribution >= 4 is 23.0 Å². The highest BCUT2D eigenvalue weighted by Gasteiger charge is 2.27. The van der Waals surface area contributed by atoms with Crippen LogP contribution in [0.25, 0.3) is 5.78 Å². The Balaban J connectivity index is 1.61. The molecule has 1 atom stereocenters. The summed E-state index contributed by atoms with van der Waals surface area (Å²) in [5.41, 5.74) is 3.28. The highest BCUT2D eigenvalue weighted by atomic mass is 32.1. The summed E-state index contributed by atoms with van der Waals surface area (Å²) in [6.45, 7) is 1.45. The minimum absolute atomic E-state index is 0.00911. The van der Waals surface area contributed by atoms with Crippen LogP contribution >= 0.6 is 11.3 Å². The maximum atomic E-state index is 12.5. The lowest BCUT2D eigenvalue weighted by Gasteiger charge is -2.32. The summed E-state index contributed by atoms with van der Waals surface area (Å²) in [4.78, 5) is 26.8. The van der Waals surface area contributed by atoms with E-state index in [2.05, 4.69) is 20.1 Å². The number of amides is 1. The molecule has 22 heavy (non-hydrogen) atoms. The third kappa shape index (κ3) is 2.25. The fourth-order valence-corrected chi connectivity index (χ4v) is 3.47. The SMILES string of the molecule is O=C(c1cscn1)N1CCC[C@@H](c2ccnc3ncnn23)C1. The van der Waals surface area contributed by atoms with Crippen molar-refractivity contribution in [3.63, 3.8) is 0 Å². The van der Waals surface area contributed by atoms with Crippen molar-refractivity contribution in [1.29, 1.82) is 0 Å². The normalized spacial score (nSPS) is 18.7. The van der Waals surface area contributed by atoms with E-state index in [1.807, 2.05) is 11.0 Å². The van der Waals surface area contributed by atoms with Gasteiger partial charge in [-0.25, -0.2) is 14.5 Å². The summed E-state index contributed by atoms with van der Waals surface area (Å²) in [5, 5.41) is 6.04. The number of piperidine rings is 1. The van der Waals surface area contributed by atoms with Gasteiger partial charge in [-0.2, -0.15) is 10.1 Å². The monoisotopic (exact) mass is 314 g/mol. The molecule has 0 unspecified atom stereocenters. The van der Waals surface area contributed by atoms with Crippen molar-refractivity contribution in [2.24, 2.45) is 0 Å².